The summed E-state index contributed by atoms with van der Waals surface area (Å²) in [6, 6.07) is 12.8. The zero-order valence-electron chi connectivity index (χ0n) is 13.0. The van der Waals surface area contributed by atoms with Gasteiger partial charge in [0.15, 0.2) is 0 Å². The fourth-order valence-electron chi connectivity index (χ4n) is 1.96. The minimum absolute atomic E-state index is 0.0136. The Morgan fingerprint density at radius 2 is 1.46 bits per heavy atom. The first kappa shape index (κ1) is 17.6. The number of hydrogen-bond acceptors (Lipinski definition) is 4. The summed E-state index contributed by atoms with van der Waals surface area (Å²) >= 11 is 0. The van der Waals surface area contributed by atoms with Gasteiger partial charge in [-0.25, -0.2) is 4.79 Å². The molecular weight excluding hydrogens is 330 g/mol. The average Bonchev–Trinajstić information content (AvgIpc) is 2.58. The molecule has 0 aromatic heterocycles. The van der Waals surface area contributed by atoms with Gasteiger partial charge in [-0.15, -0.1) is 0 Å². The normalized spacial score (nSPS) is 11.5. The standard InChI is InChI=1S/C16H17N3O4S/c1-24(23)15-8-4-13(5-9-15)11-18-16(20)17-10-12-2-6-14(7-3-12)19(21)22/h2-9H,10-11H2,1H3,(H2,17,18,20)/t24-/m0/s1. The van der Waals surface area contributed by atoms with Crippen molar-refractivity contribution in [1.82, 2.24) is 10.6 Å². The van der Waals surface area contributed by atoms with E-state index in [1.807, 2.05) is 12.1 Å². The van der Waals surface area contributed by atoms with Gasteiger partial charge in [0, 0.05) is 47.2 Å². The Morgan fingerprint density at radius 1 is 1.00 bits per heavy atom. The third-order valence-corrected chi connectivity index (χ3v) is 4.24. The molecule has 8 heteroatoms. The lowest BCUT2D eigenvalue weighted by atomic mass is 10.2. The zero-order valence-corrected chi connectivity index (χ0v) is 13.8. The smallest absolute Gasteiger partial charge is 0.315 e. The number of rotatable bonds is 6. The summed E-state index contributed by atoms with van der Waals surface area (Å²) < 4.78 is 11.3. The van der Waals surface area contributed by atoms with Gasteiger partial charge in [-0.05, 0) is 23.3 Å². The largest absolute Gasteiger partial charge is 0.334 e. The molecule has 126 valence electrons. The van der Waals surface area contributed by atoms with Crippen molar-refractivity contribution < 1.29 is 13.9 Å². The Morgan fingerprint density at radius 3 is 1.88 bits per heavy atom. The first-order valence-corrected chi connectivity index (χ1v) is 8.69. The molecule has 0 bridgehead atoms. The van der Waals surface area contributed by atoms with E-state index in [-0.39, 0.29) is 18.3 Å². The molecule has 0 saturated heterocycles. The fraction of sp³-hybridized carbons (Fsp3) is 0.188. The van der Waals surface area contributed by atoms with Crippen LogP contribution < -0.4 is 10.6 Å². The molecule has 7 nitrogen and oxygen atoms in total. The van der Waals surface area contributed by atoms with Crippen LogP contribution in [0.5, 0.6) is 0 Å². The van der Waals surface area contributed by atoms with Crippen molar-refractivity contribution in [2.75, 3.05) is 6.26 Å². The molecule has 0 aliphatic rings. The predicted octanol–water partition coefficient (Wildman–Crippen LogP) is 2.33. The van der Waals surface area contributed by atoms with Crippen LogP contribution in [0.1, 0.15) is 11.1 Å². The maximum Gasteiger partial charge on any atom is 0.315 e. The van der Waals surface area contributed by atoms with Crippen molar-refractivity contribution in [2.45, 2.75) is 18.0 Å². The topological polar surface area (TPSA) is 101 Å². The molecule has 2 rings (SSSR count). The fourth-order valence-corrected chi connectivity index (χ4v) is 2.48. The Labute approximate surface area is 141 Å². The van der Waals surface area contributed by atoms with Crippen molar-refractivity contribution in [2.24, 2.45) is 0 Å². The third kappa shape index (κ3) is 5.17. The quantitative estimate of drug-likeness (QED) is 0.618. The molecule has 2 aromatic rings. The second-order valence-corrected chi connectivity index (χ2v) is 6.44. The van der Waals surface area contributed by atoms with Gasteiger partial charge in [-0.3, -0.25) is 14.3 Å². The summed E-state index contributed by atoms with van der Waals surface area (Å²) in [6.45, 7) is 0.625. The Balaban J connectivity index is 1.78. The van der Waals surface area contributed by atoms with Crippen LogP contribution in [0.25, 0.3) is 0 Å². The van der Waals surface area contributed by atoms with Gasteiger partial charge >= 0.3 is 6.03 Å². The van der Waals surface area contributed by atoms with Crippen LogP contribution in [0.2, 0.25) is 0 Å². The number of non-ortho nitro benzene ring substituents is 1. The number of nitrogens with one attached hydrogen (secondary N) is 2. The monoisotopic (exact) mass is 347 g/mol. The maximum absolute atomic E-state index is 11.8. The molecule has 0 aliphatic carbocycles. The lowest BCUT2D eigenvalue weighted by Crippen LogP contribution is -2.34. The molecule has 0 radical (unpaired) electrons. The lowest BCUT2D eigenvalue weighted by molar-refractivity contribution is -0.384. The minimum Gasteiger partial charge on any atom is -0.334 e. The number of nitrogens with zero attached hydrogens (tertiary/aromatic N) is 1. The van der Waals surface area contributed by atoms with E-state index in [1.54, 1.807) is 30.5 Å². The summed E-state index contributed by atoms with van der Waals surface area (Å²) in [7, 11) is -1.02. The Kier molecular flexibility index (Phi) is 6.02. The summed E-state index contributed by atoms with van der Waals surface area (Å²) in [4.78, 5) is 22.6. The predicted molar refractivity (Wildman–Crippen MR) is 90.9 cm³/mol. The van der Waals surface area contributed by atoms with Gasteiger partial charge in [-0.2, -0.15) is 0 Å². The third-order valence-electron chi connectivity index (χ3n) is 3.31. The molecule has 2 aromatic carbocycles. The highest BCUT2D eigenvalue weighted by Crippen LogP contribution is 2.11. The molecule has 0 saturated carbocycles. The number of carbonyl (C=O) groups excluding carboxylic acids is 1. The molecular formula is C16H17N3O4S. The van der Waals surface area contributed by atoms with Gasteiger partial charge in [0.1, 0.15) is 0 Å². The van der Waals surface area contributed by atoms with Crippen molar-refractivity contribution in [1.29, 1.82) is 0 Å². The maximum atomic E-state index is 11.8. The van der Waals surface area contributed by atoms with E-state index in [2.05, 4.69) is 10.6 Å². The van der Waals surface area contributed by atoms with E-state index in [0.29, 0.717) is 6.54 Å². The van der Waals surface area contributed by atoms with Gasteiger partial charge in [0.05, 0.1) is 4.92 Å². The van der Waals surface area contributed by atoms with Crippen molar-refractivity contribution in [3.63, 3.8) is 0 Å². The number of carbonyl (C=O) groups is 1. The van der Waals surface area contributed by atoms with Crippen molar-refractivity contribution in [3.05, 3.63) is 69.8 Å². The highest BCUT2D eigenvalue weighted by molar-refractivity contribution is 7.84. The number of urea groups is 1. The van der Waals surface area contributed by atoms with Crippen LogP contribution in [0.3, 0.4) is 0 Å². The Bertz CT molecular complexity index is 681. The molecule has 0 heterocycles. The molecule has 1 atom stereocenters. The summed E-state index contributed by atoms with van der Waals surface area (Å²) in [5, 5.41) is 16.0. The van der Waals surface area contributed by atoms with Crippen LogP contribution in [-0.2, 0) is 23.9 Å². The number of nitro groups is 1. The minimum atomic E-state index is -1.02. The lowest BCUT2D eigenvalue weighted by Gasteiger charge is -2.08. The second kappa shape index (κ2) is 8.21. The molecule has 0 unspecified atom stereocenters. The van der Waals surface area contributed by atoms with E-state index >= 15 is 0 Å². The summed E-state index contributed by atoms with van der Waals surface area (Å²) in [5.74, 6) is 0. The van der Waals surface area contributed by atoms with Crippen LogP contribution in [0.4, 0.5) is 10.5 Å². The van der Waals surface area contributed by atoms with E-state index in [4.69, 9.17) is 0 Å². The zero-order chi connectivity index (χ0) is 17.5. The molecule has 24 heavy (non-hydrogen) atoms. The number of benzene rings is 2. The molecule has 0 spiro atoms. The average molecular weight is 347 g/mol. The van der Waals surface area contributed by atoms with Gasteiger partial charge in [0.25, 0.3) is 5.69 Å². The SMILES string of the molecule is C[S@](=O)c1ccc(CNC(=O)NCc2ccc([N+](=O)[O-])cc2)cc1. The molecule has 0 fully saturated rings. The Hall–Kier alpha value is -2.74. The van der Waals surface area contributed by atoms with E-state index in [1.165, 1.54) is 12.1 Å². The molecule has 2 amide bonds. The first-order valence-electron chi connectivity index (χ1n) is 7.13. The first-order chi connectivity index (χ1) is 11.5. The highest BCUT2D eigenvalue weighted by atomic mass is 32.2. The van der Waals surface area contributed by atoms with Gasteiger partial charge in [0.2, 0.25) is 0 Å². The number of nitro benzene ring substituents is 1. The highest BCUT2D eigenvalue weighted by Gasteiger charge is 2.05. The van der Waals surface area contributed by atoms with Crippen LogP contribution in [-0.4, -0.2) is 21.4 Å². The molecule has 0 aliphatic heterocycles. The van der Waals surface area contributed by atoms with Gasteiger partial charge in [-0.1, -0.05) is 24.3 Å². The summed E-state index contributed by atoms with van der Waals surface area (Å²) in [5.41, 5.74) is 1.68. The van der Waals surface area contributed by atoms with Crippen LogP contribution in [0, 0.1) is 10.1 Å². The number of amides is 2. The van der Waals surface area contributed by atoms with E-state index in [9.17, 15) is 19.1 Å². The van der Waals surface area contributed by atoms with Crippen molar-refractivity contribution in [3.8, 4) is 0 Å². The second-order valence-electron chi connectivity index (χ2n) is 5.06. The van der Waals surface area contributed by atoms with Crippen molar-refractivity contribution >= 4 is 22.5 Å². The van der Waals surface area contributed by atoms with Gasteiger partial charge < -0.3 is 10.6 Å². The summed E-state index contributed by atoms with van der Waals surface area (Å²) in [6.07, 6.45) is 1.61. The molecule has 2 N–H and O–H groups in total. The van der Waals surface area contributed by atoms with E-state index in [0.717, 1.165) is 16.0 Å². The van der Waals surface area contributed by atoms with Crippen LogP contribution in [0.15, 0.2) is 53.4 Å². The number of hydrogen-bond donors (Lipinski definition) is 2. The van der Waals surface area contributed by atoms with Crippen LogP contribution >= 0.6 is 0 Å². The van der Waals surface area contributed by atoms with E-state index < -0.39 is 15.7 Å².